The lowest BCUT2D eigenvalue weighted by Crippen LogP contribution is -2.53. The fourth-order valence-corrected chi connectivity index (χ4v) is 4.28. The highest BCUT2D eigenvalue weighted by Gasteiger charge is 2.34. The molecule has 18 heavy (non-hydrogen) atoms. The Balaban J connectivity index is 0.00000162. The predicted molar refractivity (Wildman–Crippen MR) is 72.6 cm³/mol. The third-order valence-corrected chi connectivity index (χ3v) is 5.46. The smallest absolute Gasteiger partial charge is 0.224 e. The van der Waals surface area contributed by atoms with Crippen molar-refractivity contribution in [3.8, 4) is 0 Å². The number of carbonyl (C=O) groups excluding carboxylic acids is 1. The van der Waals surface area contributed by atoms with Crippen molar-refractivity contribution >= 4 is 28.2 Å². The minimum atomic E-state index is -2.97. The molecule has 0 aromatic rings. The summed E-state index contributed by atoms with van der Waals surface area (Å²) < 4.78 is 22.6. The number of hydrogen-bond donors (Lipinski definition) is 2. The van der Waals surface area contributed by atoms with E-state index in [1.165, 1.54) is 0 Å². The van der Waals surface area contributed by atoms with Gasteiger partial charge in [0, 0.05) is 12.1 Å². The first-order chi connectivity index (χ1) is 7.98. The van der Waals surface area contributed by atoms with Crippen LogP contribution in [0.1, 0.15) is 26.2 Å². The molecule has 2 N–H and O–H groups in total. The molecule has 0 saturated carbocycles. The summed E-state index contributed by atoms with van der Waals surface area (Å²) >= 11 is 0. The van der Waals surface area contributed by atoms with Crippen LogP contribution in [-0.2, 0) is 14.6 Å². The highest BCUT2D eigenvalue weighted by Crippen LogP contribution is 2.19. The van der Waals surface area contributed by atoms with Gasteiger partial charge in [0.25, 0.3) is 0 Å². The molecule has 1 amide bonds. The Labute approximate surface area is 114 Å². The van der Waals surface area contributed by atoms with Crippen LogP contribution in [0.4, 0.5) is 0 Å². The van der Waals surface area contributed by atoms with Gasteiger partial charge in [-0.15, -0.1) is 12.4 Å². The quantitative estimate of drug-likeness (QED) is 0.758. The van der Waals surface area contributed by atoms with Gasteiger partial charge in [-0.3, -0.25) is 4.79 Å². The second kappa shape index (κ2) is 6.21. The monoisotopic (exact) mass is 296 g/mol. The molecule has 3 unspecified atom stereocenters. The van der Waals surface area contributed by atoms with Gasteiger partial charge >= 0.3 is 0 Å². The van der Waals surface area contributed by atoms with E-state index in [0.29, 0.717) is 6.42 Å². The molecule has 2 heterocycles. The topological polar surface area (TPSA) is 75.3 Å². The Morgan fingerprint density at radius 3 is 2.61 bits per heavy atom. The van der Waals surface area contributed by atoms with E-state index in [-0.39, 0.29) is 47.8 Å². The van der Waals surface area contributed by atoms with Crippen LogP contribution in [-0.4, -0.2) is 44.5 Å². The van der Waals surface area contributed by atoms with E-state index in [0.717, 1.165) is 19.4 Å². The number of rotatable bonds is 2. The second-order valence-electron chi connectivity index (χ2n) is 5.10. The molecule has 2 aliphatic heterocycles. The summed E-state index contributed by atoms with van der Waals surface area (Å²) in [5.41, 5.74) is 0. The Hall–Kier alpha value is -0.330. The number of carbonyl (C=O) groups is 1. The molecule has 0 spiro atoms. The Kier molecular flexibility index (Phi) is 5.43. The highest BCUT2D eigenvalue weighted by atomic mass is 35.5. The number of hydrogen-bond acceptors (Lipinski definition) is 4. The van der Waals surface area contributed by atoms with E-state index in [1.54, 1.807) is 0 Å². The molecule has 0 aromatic heterocycles. The molecule has 2 aliphatic rings. The van der Waals surface area contributed by atoms with Gasteiger partial charge in [-0.1, -0.05) is 0 Å². The van der Waals surface area contributed by atoms with Gasteiger partial charge in [-0.25, -0.2) is 8.42 Å². The Morgan fingerprint density at radius 1 is 1.33 bits per heavy atom. The average Bonchev–Trinajstić information content (AvgIpc) is 2.62. The zero-order chi connectivity index (χ0) is 12.5. The van der Waals surface area contributed by atoms with Crippen LogP contribution in [0, 0.1) is 5.92 Å². The first-order valence-electron chi connectivity index (χ1n) is 6.22. The van der Waals surface area contributed by atoms with Gasteiger partial charge < -0.3 is 10.6 Å². The van der Waals surface area contributed by atoms with Crippen molar-refractivity contribution in [2.45, 2.75) is 38.3 Å². The zero-order valence-electron chi connectivity index (χ0n) is 10.5. The predicted octanol–water partition coefficient (Wildman–Crippen LogP) is 0.0996. The normalized spacial score (nSPS) is 34.6. The Morgan fingerprint density at radius 2 is 2.06 bits per heavy atom. The molecule has 5 nitrogen and oxygen atoms in total. The summed E-state index contributed by atoms with van der Waals surface area (Å²) in [6.07, 6.45) is 2.50. The third kappa shape index (κ3) is 3.83. The van der Waals surface area contributed by atoms with Crippen molar-refractivity contribution in [1.29, 1.82) is 0 Å². The summed E-state index contributed by atoms with van der Waals surface area (Å²) in [6, 6.07) is 0.408. The van der Waals surface area contributed by atoms with Crippen molar-refractivity contribution in [2.75, 3.05) is 18.1 Å². The fourth-order valence-electron chi connectivity index (χ4n) is 2.54. The third-order valence-electron chi connectivity index (χ3n) is 3.69. The van der Waals surface area contributed by atoms with Crippen LogP contribution in [0.5, 0.6) is 0 Å². The van der Waals surface area contributed by atoms with E-state index < -0.39 is 9.84 Å². The minimum Gasteiger partial charge on any atom is -0.352 e. The number of halogens is 1. The number of piperidine rings is 1. The molecule has 0 aliphatic carbocycles. The lowest BCUT2D eigenvalue weighted by atomic mass is 9.98. The van der Waals surface area contributed by atoms with Crippen molar-refractivity contribution in [1.82, 2.24) is 10.6 Å². The minimum absolute atomic E-state index is 0. The van der Waals surface area contributed by atoms with E-state index in [4.69, 9.17) is 0 Å². The maximum absolute atomic E-state index is 11.9. The number of sulfone groups is 1. The summed E-state index contributed by atoms with van der Waals surface area (Å²) in [7, 11) is -2.97. The second-order valence-corrected chi connectivity index (χ2v) is 7.33. The maximum Gasteiger partial charge on any atom is 0.224 e. The lowest BCUT2D eigenvalue weighted by Gasteiger charge is -2.31. The number of amides is 1. The van der Waals surface area contributed by atoms with E-state index in [2.05, 4.69) is 17.6 Å². The molecule has 3 atom stereocenters. The molecule has 2 saturated heterocycles. The Bertz CT molecular complexity index is 399. The van der Waals surface area contributed by atoms with Crippen molar-refractivity contribution in [2.24, 2.45) is 5.92 Å². The van der Waals surface area contributed by atoms with Crippen LogP contribution in [0.25, 0.3) is 0 Å². The fraction of sp³-hybridized carbons (Fsp3) is 0.909. The largest absolute Gasteiger partial charge is 0.352 e. The zero-order valence-corrected chi connectivity index (χ0v) is 12.1. The van der Waals surface area contributed by atoms with Crippen molar-refractivity contribution in [3.05, 3.63) is 0 Å². The molecule has 2 fully saturated rings. The van der Waals surface area contributed by atoms with E-state index in [9.17, 15) is 13.2 Å². The average molecular weight is 297 g/mol. The van der Waals surface area contributed by atoms with E-state index in [1.807, 2.05) is 0 Å². The molecule has 0 radical (unpaired) electrons. The first kappa shape index (κ1) is 15.7. The molecular formula is C11H21ClN2O3S. The number of nitrogens with one attached hydrogen (secondary N) is 2. The van der Waals surface area contributed by atoms with Gasteiger partial charge in [-0.2, -0.15) is 0 Å². The molecule has 7 heteroatoms. The van der Waals surface area contributed by atoms with Crippen LogP contribution >= 0.6 is 12.4 Å². The van der Waals surface area contributed by atoms with Crippen molar-refractivity contribution < 1.29 is 13.2 Å². The standard InChI is InChI=1S/C11H20N2O3S.ClH/c1-8-10(3-2-5-12-8)13-11(14)9-4-6-17(15,16)7-9;/h8-10,12H,2-7H2,1H3,(H,13,14);1H. The molecule has 106 valence electrons. The van der Waals surface area contributed by atoms with E-state index >= 15 is 0 Å². The SMILES string of the molecule is CC1NCCCC1NC(=O)C1CCS(=O)(=O)C1.Cl. The van der Waals surface area contributed by atoms with Gasteiger partial charge in [-0.05, 0) is 32.7 Å². The maximum atomic E-state index is 11.9. The first-order valence-corrected chi connectivity index (χ1v) is 8.04. The lowest BCUT2D eigenvalue weighted by molar-refractivity contribution is -0.125. The van der Waals surface area contributed by atoms with Crippen LogP contribution in [0.3, 0.4) is 0 Å². The van der Waals surface area contributed by atoms with Gasteiger partial charge in [0.05, 0.1) is 17.4 Å². The van der Waals surface area contributed by atoms with Gasteiger partial charge in [0.1, 0.15) is 0 Å². The van der Waals surface area contributed by atoms with Crippen LogP contribution in [0.15, 0.2) is 0 Å². The van der Waals surface area contributed by atoms with Crippen LogP contribution < -0.4 is 10.6 Å². The van der Waals surface area contributed by atoms with Gasteiger partial charge in [0.15, 0.2) is 9.84 Å². The molecular weight excluding hydrogens is 276 g/mol. The summed E-state index contributed by atoms with van der Waals surface area (Å²) in [5, 5.41) is 6.29. The van der Waals surface area contributed by atoms with Crippen LogP contribution in [0.2, 0.25) is 0 Å². The van der Waals surface area contributed by atoms with Gasteiger partial charge in [0.2, 0.25) is 5.91 Å². The molecule has 2 rings (SSSR count). The summed E-state index contributed by atoms with van der Waals surface area (Å²) in [5.74, 6) is -0.252. The highest BCUT2D eigenvalue weighted by molar-refractivity contribution is 7.91. The van der Waals surface area contributed by atoms with Crippen molar-refractivity contribution in [3.63, 3.8) is 0 Å². The molecule has 0 bridgehead atoms. The molecule has 0 aromatic carbocycles. The summed E-state index contributed by atoms with van der Waals surface area (Å²) in [6.45, 7) is 3.04. The summed E-state index contributed by atoms with van der Waals surface area (Å²) in [4.78, 5) is 11.9.